The van der Waals surface area contributed by atoms with Gasteiger partial charge in [-0.1, -0.05) is 29.9 Å². The molecule has 0 unspecified atom stereocenters. The number of hydrogen-bond donors (Lipinski definition) is 3. The van der Waals surface area contributed by atoms with Gasteiger partial charge in [-0.05, 0) is 36.4 Å². The molecule has 7 heteroatoms. The van der Waals surface area contributed by atoms with Gasteiger partial charge in [0, 0.05) is 31.6 Å². The lowest BCUT2D eigenvalue weighted by molar-refractivity contribution is -0.906. The Bertz CT molecular complexity index is 913. The average molecular weight is 417 g/mol. The van der Waals surface area contributed by atoms with Crippen LogP contribution >= 0.6 is 23.4 Å². The van der Waals surface area contributed by atoms with Crippen molar-refractivity contribution in [2.75, 3.05) is 44.7 Å². The molecular formula is C21H23ClN3O2S+. The summed E-state index contributed by atoms with van der Waals surface area (Å²) in [4.78, 5) is 16.2. The summed E-state index contributed by atoms with van der Waals surface area (Å²) in [7, 11) is 0. The van der Waals surface area contributed by atoms with E-state index in [0.29, 0.717) is 17.1 Å². The molecule has 0 spiro atoms. The van der Waals surface area contributed by atoms with Crippen LogP contribution in [0.4, 0.5) is 5.69 Å². The third-order valence-corrected chi connectivity index (χ3v) is 6.36. The number of amides is 1. The highest BCUT2D eigenvalue weighted by atomic mass is 35.5. The highest BCUT2D eigenvalue weighted by Gasteiger charge is 2.19. The van der Waals surface area contributed by atoms with E-state index in [2.05, 4.69) is 17.2 Å². The van der Waals surface area contributed by atoms with E-state index in [4.69, 9.17) is 16.3 Å². The number of hydrogen-bond acceptors (Lipinski definition) is 4. The third kappa shape index (κ3) is 4.36. The van der Waals surface area contributed by atoms with Gasteiger partial charge in [-0.2, -0.15) is 0 Å². The van der Waals surface area contributed by atoms with Gasteiger partial charge in [0.1, 0.15) is 13.1 Å². The normalized spacial score (nSPS) is 16.5. The number of benzene rings is 2. The van der Waals surface area contributed by atoms with Crippen LogP contribution in [-0.2, 0) is 4.74 Å². The summed E-state index contributed by atoms with van der Waals surface area (Å²) in [5.74, 6) is -0.0577. The van der Waals surface area contributed by atoms with Crippen LogP contribution < -0.4 is 15.5 Å². The van der Waals surface area contributed by atoms with Crippen LogP contribution in [0, 0.1) is 0 Å². The Morgan fingerprint density at radius 2 is 2.00 bits per heavy atom. The number of quaternary nitrogens is 1. The van der Waals surface area contributed by atoms with Crippen molar-refractivity contribution in [3.63, 3.8) is 0 Å². The SMILES string of the molecule is C=C1Nc2cc(C(=O)NCC[NH+]3CCOCC3)ccc2Sc2ccc(Cl)cc21. The topological polar surface area (TPSA) is 54.8 Å². The van der Waals surface area contributed by atoms with Crippen LogP contribution in [-0.4, -0.2) is 45.3 Å². The molecule has 3 N–H and O–H groups in total. The quantitative estimate of drug-likeness (QED) is 0.717. The van der Waals surface area contributed by atoms with Gasteiger partial charge >= 0.3 is 0 Å². The van der Waals surface area contributed by atoms with E-state index in [1.165, 1.54) is 4.90 Å². The molecule has 2 aliphatic rings. The van der Waals surface area contributed by atoms with Gasteiger partial charge in [0.25, 0.3) is 5.91 Å². The number of carbonyl (C=O) groups excluding carboxylic acids is 1. The lowest BCUT2D eigenvalue weighted by Crippen LogP contribution is -3.14. The lowest BCUT2D eigenvalue weighted by Gasteiger charge is -2.23. The Labute approximate surface area is 174 Å². The zero-order chi connectivity index (χ0) is 19.5. The molecule has 1 amide bonds. The zero-order valence-corrected chi connectivity index (χ0v) is 17.1. The minimum absolute atomic E-state index is 0.0577. The van der Waals surface area contributed by atoms with E-state index in [1.54, 1.807) is 11.8 Å². The highest BCUT2D eigenvalue weighted by molar-refractivity contribution is 7.99. The van der Waals surface area contributed by atoms with Crippen molar-refractivity contribution in [2.24, 2.45) is 0 Å². The number of halogens is 1. The number of carbonyl (C=O) groups is 1. The Kier molecular flexibility index (Phi) is 5.92. The molecule has 4 rings (SSSR count). The van der Waals surface area contributed by atoms with Gasteiger partial charge in [-0.3, -0.25) is 4.79 Å². The Morgan fingerprint density at radius 1 is 1.21 bits per heavy atom. The zero-order valence-electron chi connectivity index (χ0n) is 15.5. The molecule has 1 fully saturated rings. The van der Waals surface area contributed by atoms with E-state index < -0.39 is 0 Å². The smallest absolute Gasteiger partial charge is 0.251 e. The van der Waals surface area contributed by atoms with Gasteiger partial charge < -0.3 is 20.3 Å². The first-order chi connectivity index (χ1) is 13.6. The number of fused-ring (bicyclic) bond motifs is 2. The third-order valence-electron chi connectivity index (χ3n) is 4.98. The maximum Gasteiger partial charge on any atom is 0.251 e. The molecule has 2 aliphatic heterocycles. The molecule has 0 aliphatic carbocycles. The largest absolute Gasteiger partial charge is 0.370 e. The van der Waals surface area contributed by atoms with E-state index in [-0.39, 0.29) is 5.91 Å². The molecule has 0 atom stereocenters. The minimum Gasteiger partial charge on any atom is -0.370 e. The molecule has 5 nitrogen and oxygen atoms in total. The van der Waals surface area contributed by atoms with Crippen molar-refractivity contribution in [3.8, 4) is 0 Å². The molecule has 0 bridgehead atoms. The van der Waals surface area contributed by atoms with Crippen LogP contribution in [0.1, 0.15) is 15.9 Å². The van der Waals surface area contributed by atoms with E-state index in [0.717, 1.165) is 59.6 Å². The molecule has 28 heavy (non-hydrogen) atoms. The van der Waals surface area contributed by atoms with Crippen LogP contribution in [0.15, 0.2) is 52.8 Å². The minimum atomic E-state index is -0.0577. The summed E-state index contributed by atoms with van der Waals surface area (Å²) < 4.78 is 5.37. The van der Waals surface area contributed by atoms with E-state index >= 15 is 0 Å². The van der Waals surface area contributed by atoms with Gasteiger partial charge in [-0.15, -0.1) is 0 Å². The molecule has 0 aromatic heterocycles. The van der Waals surface area contributed by atoms with Crippen LogP contribution in [0.25, 0.3) is 5.70 Å². The first kappa shape index (κ1) is 19.3. The number of rotatable bonds is 4. The second kappa shape index (κ2) is 8.57. The van der Waals surface area contributed by atoms with Crippen molar-refractivity contribution in [1.82, 2.24) is 5.32 Å². The Morgan fingerprint density at radius 3 is 2.82 bits per heavy atom. The van der Waals surface area contributed by atoms with Gasteiger partial charge in [-0.25, -0.2) is 0 Å². The number of anilines is 1. The summed E-state index contributed by atoms with van der Waals surface area (Å²) in [6, 6.07) is 11.5. The van der Waals surface area contributed by atoms with Crippen LogP contribution in [0.2, 0.25) is 5.02 Å². The molecule has 146 valence electrons. The molecule has 2 aromatic carbocycles. The number of morpholine rings is 1. The van der Waals surface area contributed by atoms with Crippen LogP contribution in [0.3, 0.4) is 0 Å². The maximum atomic E-state index is 12.6. The van der Waals surface area contributed by atoms with Crippen molar-refractivity contribution in [1.29, 1.82) is 0 Å². The van der Waals surface area contributed by atoms with Crippen molar-refractivity contribution < 1.29 is 14.4 Å². The fraction of sp³-hybridized carbons (Fsp3) is 0.286. The van der Waals surface area contributed by atoms with E-state index in [9.17, 15) is 4.79 Å². The molecule has 2 aromatic rings. The maximum absolute atomic E-state index is 12.6. The first-order valence-electron chi connectivity index (χ1n) is 9.37. The second-order valence-electron chi connectivity index (χ2n) is 6.93. The highest BCUT2D eigenvalue weighted by Crippen LogP contribution is 2.42. The predicted octanol–water partition coefficient (Wildman–Crippen LogP) is 2.53. The van der Waals surface area contributed by atoms with Gasteiger partial charge in [0.05, 0.1) is 32.0 Å². The Balaban J connectivity index is 1.44. The van der Waals surface area contributed by atoms with E-state index in [1.807, 2.05) is 36.4 Å². The van der Waals surface area contributed by atoms with Gasteiger partial charge in [0.15, 0.2) is 0 Å². The number of ether oxygens (including phenoxy) is 1. The second-order valence-corrected chi connectivity index (χ2v) is 8.45. The van der Waals surface area contributed by atoms with Crippen molar-refractivity contribution in [3.05, 3.63) is 59.1 Å². The molecular weight excluding hydrogens is 394 g/mol. The number of nitrogens with one attached hydrogen (secondary N) is 3. The predicted molar refractivity (Wildman–Crippen MR) is 113 cm³/mol. The average Bonchev–Trinajstić information content (AvgIpc) is 2.84. The summed E-state index contributed by atoms with van der Waals surface area (Å²) in [5, 5.41) is 7.04. The summed E-state index contributed by atoms with van der Waals surface area (Å²) in [6.45, 7) is 9.32. The molecule has 0 saturated carbocycles. The molecule has 1 saturated heterocycles. The summed E-state index contributed by atoms with van der Waals surface area (Å²) >= 11 is 7.78. The van der Waals surface area contributed by atoms with Crippen LogP contribution in [0.5, 0.6) is 0 Å². The summed E-state index contributed by atoms with van der Waals surface area (Å²) in [6.07, 6.45) is 0. The fourth-order valence-corrected chi connectivity index (χ4v) is 4.59. The Hall–Kier alpha value is -1.99. The first-order valence-corrected chi connectivity index (χ1v) is 10.6. The molecule has 0 radical (unpaired) electrons. The lowest BCUT2D eigenvalue weighted by atomic mass is 10.1. The standard InChI is InChI=1S/C21H22ClN3O2S/c1-14-17-13-16(22)3-5-19(17)28-20-4-2-15(12-18(20)24-14)21(26)23-6-7-25-8-10-27-11-9-25/h2-5,12-13,24H,1,6-11H2,(H,23,26)/p+1. The van der Waals surface area contributed by atoms with Crippen molar-refractivity contribution >= 4 is 40.7 Å². The summed E-state index contributed by atoms with van der Waals surface area (Å²) in [5.41, 5.74) is 3.28. The van der Waals surface area contributed by atoms with Crippen molar-refractivity contribution in [2.45, 2.75) is 9.79 Å². The van der Waals surface area contributed by atoms with Gasteiger partial charge in [0.2, 0.25) is 0 Å². The fourth-order valence-electron chi connectivity index (χ4n) is 3.40. The molecule has 2 heterocycles. The monoisotopic (exact) mass is 416 g/mol.